The summed E-state index contributed by atoms with van der Waals surface area (Å²) in [6.07, 6.45) is 3.27. The van der Waals surface area contributed by atoms with E-state index in [9.17, 15) is 4.79 Å². The molecule has 1 aromatic carbocycles. The Hall–Kier alpha value is -3.61. The van der Waals surface area contributed by atoms with E-state index in [4.69, 9.17) is 9.47 Å². The first kappa shape index (κ1) is 18.2. The third-order valence-corrected chi connectivity index (χ3v) is 3.52. The molecule has 2 amide bonds. The molecule has 0 spiro atoms. The fourth-order valence-corrected chi connectivity index (χ4v) is 2.28. The van der Waals surface area contributed by atoms with Gasteiger partial charge in [-0.3, -0.25) is 5.32 Å². The summed E-state index contributed by atoms with van der Waals surface area (Å²) in [6.45, 7) is 2.81. The van der Waals surface area contributed by atoms with Crippen LogP contribution in [0.15, 0.2) is 67.0 Å². The van der Waals surface area contributed by atoms with Crippen LogP contribution < -0.4 is 20.1 Å². The average molecular weight is 364 g/mol. The fourth-order valence-electron chi connectivity index (χ4n) is 2.28. The topological polar surface area (TPSA) is 85.4 Å². The number of nitrogens with one attached hydrogen (secondary N) is 2. The molecule has 2 heterocycles. The number of para-hydroxylation sites is 2. The molecule has 0 atom stereocenters. The van der Waals surface area contributed by atoms with Gasteiger partial charge in [0.15, 0.2) is 11.5 Å². The molecule has 7 nitrogen and oxygen atoms in total. The molecule has 0 unspecified atom stereocenters. The van der Waals surface area contributed by atoms with Crippen molar-refractivity contribution in [2.75, 3.05) is 11.9 Å². The average Bonchev–Trinajstić information content (AvgIpc) is 2.70. The molecule has 0 bridgehead atoms. The molecule has 2 aromatic heterocycles. The van der Waals surface area contributed by atoms with Crippen molar-refractivity contribution >= 4 is 11.8 Å². The standard InChI is InChI=1S/C20H20N4O3/c1-2-26-16-7-3-4-8-17(16)27-19-11-10-15(13-22-19)14-23-20(25)24-18-9-5-6-12-21-18/h3-13H,2,14H2,1H3,(H2,21,23,24,25). The van der Waals surface area contributed by atoms with Gasteiger partial charge in [0.1, 0.15) is 5.82 Å². The summed E-state index contributed by atoms with van der Waals surface area (Å²) in [5.74, 6) is 2.21. The van der Waals surface area contributed by atoms with Crippen LogP contribution in [-0.2, 0) is 6.54 Å². The van der Waals surface area contributed by atoms with Crippen molar-refractivity contribution in [3.63, 3.8) is 0 Å². The van der Waals surface area contributed by atoms with Crippen molar-refractivity contribution in [2.24, 2.45) is 0 Å². The van der Waals surface area contributed by atoms with Crippen molar-refractivity contribution in [1.29, 1.82) is 0 Å². The second-order valence-corrected chi connectivity index (χ2v) is 5.51. The van der Waals surface area contributed by atoms with Gasteiger partial charge in [0.25, 0.3) is 0 Å². The highest BCUT2D eigenvalue weighted by molar-refractivity contribution is 5.88. The number of nitrogens with zero attached hydrogens (tertiary/aromatic N) is 2. The zero-order valence-corrected chi connectivity index (χ0v) is 14.9. The Morgan fingerprint density at radius 2 is 1.81 bits per heavy atom. The Labute approximate surface area is 157 Å². The Morgan fingerprint density at radius 1 is 1.00 bits per heavy atom. The summed E-state index contributed by atoms with van der Waals surface area (Å²) in [7, 11) is 0. The van der Waals surface area contributed by atoms with Crippen molar-refractivity contribution < 1.29 is 14.3 Å². The highest BCUT2D eigenvalue weighted by atomic mass is 16.5. The smallest absolute Gasteiger partial charge is 0.320 e. The van der Waals surface area contributed by atoms with Crippen LogP contribution in [0, 0.1) is 0 Å². The number of pyridine rings is 2. The normalized spacial score (nSPS) is 10.1. The molecule has 0 aliphatic rings. The molecule has 3 rings (SSSR count). The number of amides is 2. The number of hydrogen-bond donors (Lipinski definition) is 2. The Bertz CT molecular complexity index is 870. The van der Waals surface area contributed by atoms with Gasteiger partial charge < -0.3 is 14.8 Å². The minimum atomic E-state index is -0.334. The van der Waals surface area contributed by atoms with Crippen LogP contribution in [-0.4, -0.2) is 22.6 Å². The van der Waals surface area contributed by atoms with E-state index in [-0.39, 0.29) is 6.03 Å². The fraction of sp³-hybridized carbons (Fsp3) is 0.150. The Balaban J connectivity index is 1.54. The SMILES string of the molecule is CCOc1ccccc1Oc1ccc(CNC(=O)Nc2ccccn2)cn1. The number of urea groups is 1. The van der Waals surface area contributed by atoms with Crippen LogP contribution in [0.25, 0.3) is 0 Å². The lowest BCUT2D eigenvalue weighted by Gasteiger charge is -2.11. The molecule has 0 saturated carbocycles. The molecule has 7 heteroatoms. The van der Waals surface area contributed by atoms with E-state index in [2.05, 4.69) is 20.6 Å². The molecule has 138 valence electrons. The quantitative estimate of drug-likeness (QED) is 0.662. The maximum atomic E-state index is 11.9. The molecule has 0 fully saturated rings. The van der Waals surface area contributed by atoms with Crippen molar-refractivity contribution in [2.45, 2.75) is 13.5 Å². The van der Waals surface area contributed by atoms with Gasteiger partial charge >= 0.3 is 6.03 Å². The van der Waals surface area contributed by atoms with Gasteiger partial charge in [-0.25, -0.2) is 14.8 Å². The molecule has 27 heavy (non-hydrogen) atoms. The highest BCUT2D eigenvalue weighted by Gasteiger charge is 2.07. The van der Waals surface area contributed by atoms with Crippen LogP contribution in [0.4, 0.5) is 10.6 Å². The highest BCUT2D eigenvalue weighted by Crippen LogP contribution is 2.30. The van der Waals surface area contributed by atoms with E-state index in [1.807, 2.05) is 37.3 Å². The lowest BCUT2D eigenvalue weighted by atomic mass is 10.3. The van der Waals surface area contributed by atoms with Gasteiger partial charge in [-0.15, -0.1) is 0 Å². The maximum absolute atomic E-state index is 11.9. The predicted molar refractivity (Wildman–Crippen MR) is 102 cm³/mol. The van der Waals surface area contributed by atoms with Crippen LogP contribution in [0.3, 0.4) is 0 Å². The zero-order valence-electron chi connectivity index (χ0n) is 14.9. The van der Waals surface area contributed by atoms with Crippen LogP contribution in [0.5, 0.6) is 17.4 Å². The third kappa shape index (κ3) is 5.43. The minimum Gasteiger partial charge on any atom is -0.490 e. The molecule has 0 saturated heterocycles. The molecule has 0 radical (unpaired) electrons. The zero-order chi connectivity index (χ0) is 18.9. The second-order valence-electron chi connectivity index (χ2n) is 5.51. The largest absolute Gasteiger partial charge is 0.490 e. The molecular formula is C20H20N4O3. The van der Waals surface area contributed by atoms with E-state index < -0.39 is 0 Å². The number of hydrogen-bond acceptors (Lipinski definition) is 5. The molecule has 2 N–H and O–H groups in total. The van der Waals surface area contributed by atoms with Gasteiger partial charge in [0.2, 0.25) is 5.88 Å². The van der Waals surface area contributed by atoms with E-state index in [0.717, 1.165) is 5.56 Å². The third-order valence-electron chi connectivity index (χ3n) is 3.52. The van der Waals surface area contributed by atoms with Crippen molar-refractivity contribution in [3.8, 4) is 17.4 Å². The van der Waals surface area contributed by atoms with Gasteiger partial charge in [-0.05, 0) is 36.8 Å². The lowest BCUT2D eigenvalue weighted by molar-refractivity contribution is 0.251. The number of benzene rings is 1. The minimum absolute atomic E-state index is 0.334. The lowest BCUT2D eigenvalue weighted by Crippen LogP contribution is -2.28. The van der Waals surface area contributed by atoms with Crippen molar-refractivity contribution in [3.05, 3.63) is 72.6 Å². The predicted octanol–water partition coefficient (Wildman–Crippen LogP) is 3.99. The van der Waals surface area contributed by atoms with E-state index in [0.29, 0.717) is 36.3 Å². The Morgan fingerprint density at radius 3 is 2.52 bits per heavy atom. The number of anilines is 1. The van der Waals surface area contributed by atoms with E-state index in [1.165, 1.54) is 0 Å². The Kier molecular flexibility index (Phi) is 6.19. The second kappa shape index (κ2) is 9.19. The van der Waals surface area contributed by atoms with Gasteiger partial charge in [0.05, 0.1) is 6.61 Å². The number of rotatable bonds is 7. The monoisotopic (exact) mass is 364 g/mol. The molecular weight excluding hydrogens is 344 g/mol. The summed E-state index contributed by atoms with van der Waals surface area (Å²) < 4.78 is 11.3. The van der Waals surface area contributed by atoms with Gasteiger partial charge in [0, 0.05) is 25.0 Å². The van der Waals surface area contributed by atoms with E-state index in [1.54, 1.807) is 36.7 Å². The summed E-state index contributed by atoms with van der Waals surface area (Å²) >= 11 is 0. The van der Waals surface area contributed by atoms with Gasteiger partial charge in [-0.2, -0.15) is 0 Å². The maximum Gasteiger partial charge on any atom is 0.320 e. The first-order valence-corrected chi connectivity index (χ1v) is 8.55. The van der Waals surface area contributed by atoms with Crippen molar-refractivity contribution in [1.82, 2.24) is 15.3 Å². The summed E-state index contributed by atoms with van der Waals surface area (Å²) in [4.78, 5) is 20.2. The first-order valence-electron chi connectivity index (χ1n) is 8.55. The summed E-state index contributed by atoms with van der Waals surface area (Å²) in [5, 5.41) is 5.41. The summed E-state index contributed by atoms with van der Waals surface area (Å²) in [5.41, 5.74) is 0.844. The number of carbonyl (C=O) groups is 1. The van der Waals surface area contributed by atoms with Crippen LogP contribution in [0.2, 0.25) is 0 Å². The number of carbonyl (C=O) groups excluding carboxylic acids is 1. The number of aromatic nitrogens is 2. The van der Waals surface area contributed by atoms with Gasteiger partial charge in [-0.1, -0.05) is 24.3 Å². The molecule has 0 aliphatic carbocycles. The molecule has 3 aromatic rings. The molecule has 0 aliphatic heterocycles. The number of ether oxygens (including phenoxy) is 2. The van der Waals surface area contributed by atoms with E-state index >= 15 is 0 Å². The van der Waals surface area contributed by atoms with Crippen LogP contribution >= 0.6 is 0 Å². The summed E-state index contributed by atoms with van der Waals surface area (Å²) in [6, 6.07) is 16.0. The first-order chi connectivity index (χ1) is 13.2. The van der Waals surface area contributed by atoms with Crippen LogP contribution in [0.1, 0.15) is 12.5 Å².